The highest BCUT2D eigenvalue weighted by molar-refractivity contribution is 6.24. The van der Waals surface area contributed by atoms with Crippen molar-refractivity contribution in [3.05, 3.63) is 71.2 Å². The van der Waals surface area contributed by atoms with Crippen molar-refractivity contribution in [1.29, 1.82) is 0 Å². The number of hydrogen-bond acceptors (Lipinski definition) is 13. The maximum Gasteiger partial charge on any atom is 0.270 e. The van der Waals surface area contributed by atoms with E-state index in [-0.39, 0.29) is 24.8 Å². The van der Waals surface area contributed by atoms with Gasteiger partial charge in [-0.25, -0.2) is 9.97 Å². The average molecular weight is 821 g/mol. The zero-order chi connectivity index (χ0) is 41.8. The first kappa shape index (κ1) is 41.0. The number of imide groups is 2. The minimum Gasteiger partial charge on any atom is -0.379 e. The van der Waals surface area contributed by atoms with Gasteiger partial charge in [0.2, 0.25) is 17.8 Å². The normalized spacial score (nSPS) is 18.7. The highest BCUT2D eigenvalue weighted by atomic mass is 16.5. The number of rotatable bonds is 16. The van der Waals surface area contributed by atoms with Gasteiger partial charge in [-0.15, -0.1) is 0 Å². The summed E-state index contributed by atoms with van der Waals surface area (Å²) in [5.74, 6) is -0.948. The monoisotopic (exact) mass is 820 g/mol. The lowest BCUT2D eigenvalue weighted by molar-refractivity contribution is -0.136. The zero-order valence-electron chi connectivity index (χ0n) is 34.2. The van der Waals surface area contributed by atoms with Crippen LogP contribution in [0.25, 0.3) is 11.0 Å². The van der Waals surface area contributed by atoms with Crippen LogP contribution < -0.4 is 15.5 Å². The number of fused-ring (bicyclic) bond motifs is 2. The molecular weight excluding hydrogens is 769 g/mol. The van der Waals surface area contributed by atoms with Crippen molar-refractivity contribution in [3.63, 3.8) is 0 Å². The smallest absolute Gasteiger partial charge is 0.270 e. The van der Waals surface area contributed by atoms with Gasteiger partial charge in [0.1, 0.15) is 23.2 Å². The molecule has 2 saturated heterocycles. The van der Waals surface area contributed by atoms with E-state index in [9.17, 15) is 24.0 Å². The first-order chi connectivity index (χ1) is 29.2. The summed E-state index contributed by atoms with van der Waals surface area (Å²) in [6.07, 6.45) is 9.40. The van der Waals surface area contributed by atoms with Gasteiger partial charge in [-0.05, 0) is 61.9 Å². The second-order valence-electron chi connectivity index (χ2n) is 16.0. The Morgan fingerprint density at radius 1 is 0.900 bits per heavy atom. The fourth-order valence-corrected chi connectivity index (χ4v) is 8.66. The molecule has 17 heteroatoms. The summed E-state index contributed by atoms with van der Waals surface area (Å²) < 4.78 is 13.8. The van der Waals surface area contributed by atoms with Crippen LogP contribution in [-0.2, 0) is 25.5 Å². The lowest BCUT2D eigenvalue weighted by Gasteiger charge is -2.35. The SMILES string of the molecule is CN(C)C(=O)c1cc2cnc(Nc3ccc(N4CCN(CCOCCOCCCc5cccc6c5C(=O)N(C5CCC(=O)NC5=O)C6=O)CC4)cn3)nc2n1C1CCCC1. The average Bonchev–Trinajstić information content (AvgIpc) is 3.97. The Hall–Kier alpha value is -5.78. The molecule has 4 aliphatic rings. The molecule has 316 valence electrons. The lowest BCUT2D eigenvalue weighted by Crippen LogP contribution is -2.54. The van der Waals surface area contributed by atoms with Crippen LogP contribution in [0.3, 0.4) is 0 Å². The Morgan fingerprint density at radius 3 is 2.42 bits per heavy atom. The molecule has 3 fully saturated rings. The van der Waals surface area contributed by atoms with Crippen LogP contribution in [0.15, 0.2) is 48.8 Å². The fraction of sp³-hybridized carbons (Fsp3) is 0.488. The Bertz CT molecular complexity index is 2250. The van der Waals surface area contributed by atoms with Crippen LogP contribution in [-0.4, -0.2) is 143 Å². The fourth-order valence-electron chi connectivity index (χ4n) is 8.66. The number of piperidine rings is 1. The van der Waals surface area contributed by atoms with E-state index in [4.69, 9.17) is 14.5 Å². The van der Waals surface area contributed by atoms with Gasteiger partial charge in [0.25, 0.3) is 17.7 Å². The molecule has 17 nitrogen and oxygen atoms in total. The van der Waals surface area contributed by atoms with Crippen molar-refractivity contribution in [2.75, 3.05) is 83.5 Å². The number of piperazine rings is 1. The van der Waals surface area contributed by atoms with Crippen molar-refractivity contribution in [2.24, 2.45) is 0 Å². The minimum absolute atomic E-state index is 0.0351. The first-order valence-electron chi connectivity index (χ1n) is 20.9. The van der Waals surface area contributed by atoms with Crippen molar-refractivity contribution in [1.82, 2.24) is 39.5 Å². The van der Waals surface area contributed by atoms with Gasteiger partial charge in [0.15, 0.2) is 0 Å². The molecule has 3 aromatic heterocycles. The van der Waals surface area contributed by atoms with E-state index in [0.717, 1.165) is 85.6 Å². The van der Waals surface area contributed by atoms with Crippen LogP contribution in [0, 0.1) is 0 Å². The molecular formula is C43H52N10O7. The van der Waals surface area contributed by atoms with Crippen molar-refractivity contribution >= 4 is 58.0 Å². The highest BCUT2D eigenvalue weighted by Crippen LogP contribution is 2.35. The van der Waals surface area contributed by atoms with Gasteiger partial charge >= 0.3 is 0 Å². The van der Waals surface area contributed by atoms with Crippen molar-refractivity contribution < 1.29 is 33.4 Å². The molecule has 1 aromatic carbocycles. The molecule has 2 N–H and O–H groups in total. The highest BCUT2D eigenvalue weighted by Gasteiger charge is 2.45. The summed E-state index contributed by atoms with van der Waals surface area (Å²) in [4.78, 5) is 84.8. The number of ether oxygens (including phenoxy) is 2. The molecule has 1 saturated carbocycles. The Labute approximate surface area is 348 Å². The number of hydrogen-bond donors (Lipinski definition) is 2. The molecule has 1 unspecified atom stereocenters. The van der Waals surface area contributed by atoms with E-state index in [1.165, 1.54) is 0 Å². The number of nitrogens with zero attached hydrogens (tertiary/aromatic N) is 8. The second-order valence-corrected chi connectivity index (χ2v) is 16.0. The maximum atomic E-state index is 13.3. The zero-order valence-corrected chi connectivity index (χ0v) is 34.2. The summed E-state index contributed by atoms with van der Waals surface area (Å²) in [6, 6.07) is 10.4. The molecule has 3 aliphatic heterocycles. The Balaban J connectivity index is 0.727. The van der Waals surface area contributed by atoms with Crippen molar-refractivity contribution in [2.45, 2.75) is 63.5 Å². The topological polar surface area (TPSA) is 184 Å². The van der Waals surface area contributed by atoms with E-state index in [2.05, 4.69) is 41.0 Å². The molecule has 6 heterocycles. The molecule has 0 spiro atoms. The van der Waals surface area contributed by atoms with E-state index in [0.29, 0.717) is 67.9 Å². The third-order valence-corrected chi connectivity index (χ3v) is 11.8. The van der Waals surface area contributed by atoms with E-state index in [1.54, 1.807) is 37.3 Å². The minimum atomic E-state index is -0.982. The molecule has 60 heavy (non-hydrogen) atoms. The number of benzene rings is 1. The number of aromatic nitrogens is 4. The predicted molar refractivity (Wildman–Crippen MR) is 222 cm³/mol. The van der Waals surface area contributed by atoms with Gasteiger partial charge in [0.05, 0.1) is 42.8 Å². The largest absolute Gasteiger partial charge is 0.379 e. The van der Waals surface area contributed by atoms with Gasteiger partial charge in [-0.3, -0.25) is 39.1 Å². The predicted octanol–water partition coefficient (Wildman–Crippen LogP) is 3.58. The number of carbonyl (C=O) groups excluding carboxylic acids is 5. The third-order valence-electron chi connectivity index (χ3n) is 11.8. The molecule has 0 radical (unpaired) electrons. The maximum absolute atomic E-state index is 13.3. The van der Waals surface area contributed by atoms with Gasteiger partial charge in [-0.2, -0.15) is 4.98 Å². The van der Waals surface area contributed by atoms with Crippen molar-refractivity contribution in [3.8, 4) is 0 Å². The number of nitrogens with one attached hydrogen (secondary N) is 2. The lowest BCUT2D eigenvalue weighted by atomic mass is 9.99. The van der Waals surface area contributed by atoms with E-state index < -0.39 is 29.7 Å². The Morgan fingerprint density at radius 2 is 1.68 bits per heavy atom. The van der Waals surface area contributed by atoms with Crippen LogP contribution in [0.2, 0.25) is 0 Å². The quantitative estimate of drug-likeness (QED) is 0.124. The van der Waals surface area contributed by atoms with Gasteiger partial charge in [0, 0.05) is 77.5 Å². The first-order valence-corrected chi connectivity index (χ1v) is 20.9. The van der Waals surface area contributed by atoms with Crippen LogP contribution in [0.4, 0.5) is 17.5 Å². The number of amides is 5. The molecule has 1 atom stereocenters. The summed E-state index contributed by atoms with van der Waals surface area (Å²) in [7, 11) is 3.54. The molecule has 0 bridgehead atoms. The number of carbonyl (C=O) groups is 5. The Kier molecular flexibility index (Phi) is 12.5. The summed E-state index contributed by atoms with van der Waals surface area (Å²) in [5.41, 5.74) is 3.83. The van der Waals surface area contributed by atoms with E-state index in [1.807, 2.05) is 24.4 Å². The number of aryl methyl sites for hydroxylation is 1. The van der Waals surface area contributed by atoms with Crippen LogP contribution in [0.5, 0.6) is 0 Å². The van der Waals surface area contributed by atoms with Crippen LogP contribution in [0.1, 0.15) is 87.8 Å². The summed E-state index contributed by atoms with van der Waals surface area (Å²) >= 11 is 0. The second kappa shape index (κ2) is 18.2. The standard InChI is InChI=1S/C43H52N10O7/c1-49(2)41(57)34-25-29-26-45-43(48-38(29)52(34)30-9-3-4-10-30)46-35-14-12-31(27-44-35)51-18-16-50(17-19-51)20-22-60-24-23-59-21-6-8-28-7-5-11-32-37(28)42(58)53(40(32)56)33-13-15-36(54)47-39(33)55/h5,7,11-12,14,25-27,30,33H,3-4,6,8-10,13,15-24H2,1-2H3,(H,47,54,55)(H,44,45,46,48). The van der Waals surface area contributed by atoms with E-state index >= 15 is 0 Å². The summed E-state index contributed by atoms with van der Waals surface area (Å²) in [6.45, 7) is 6.41. The summed E-state index contributed by atoms with van der Waals surface area (Å²) in [5, 5.41) is 6.34. The number of pyridine rings is 1. The molecule has 5 amide bonds. The van der Waals surface area contributed by atoms with Crippen LogP contribution >= 0.6 is 0 Å². The van der Waals surface area contributed by atoms with Gasteiger partial charge < -0.3 is 29.2 Å². The number of anilines is 3. The molecule has 4 aromatic rings. The molecule has 8 rings (SSSR count). The third kappa shape index (κ3) is 8.74. The molecule has 1 aliphatic carbocycles. The van der Waals surface area contributed by atoms with Gasteiger partial charge in [-0.1, -0.05) is 25.0 Å².